The predicted molar refractivity (Wildman–Crippen MR) is 73.2 cm³/mol. The smallest absolute Gasteiger partial charge is 0.224 e. The third-order valence-electron chi connectivity index (χ3n) is 2.81. The van der Waals surface area contributed by atoms with Gasteiger partial charge in [-0.3, -0.25) is 0 Å². The minimum Gasteiger partial charge on any atom is -0.508 e. The van der Waals surface area contributed by atoms with E-state index in [-0.39, 0.29) is 17.4 Å². The number of rotatable bonds is 3. The summed E-state index contributed by atoms with van der Waals surface area (Å²) in [5, 5.41) is 22.0. The zero-order valence-electron chi connectivity index (χ0n) is 10.3. The van der Waals surface area contributed by atoms with E-state index in [0.717, 1.165) is 0 Å². The standard InChI is InChI=1S/C12H12N6O2/c13-12-17-10(9-11(18-12)16-5-15-9)14-4-6-1-2-7(19)3-8(6)20/h1-3,5,19-20H,4H2,(H4,13,14,15,16,17,18). The van der Waals surface area contributed by atoms with Gasteiger partial charge in [0, 0.05) is 18.2 Å². The van der Waals surface area contributed by atoms with Crippen molar-refractivity contribution in [1.29, 1.82) is 0 Å². The van der Waals surface area contributed by atoms with Crippen molar-refractivity contribution in [2.45, 2.75) is 6.54 Å². The van der Waals surface area contributed by atoms with Gasteiger partial charge in [-0.05, 0) is 12.1 Å². The molecule has 8 heteroatoms. The Labute approximate surface area is 113 Å². The maximum Gasteiger partial charge on any atom is 0.224 e. The van der Waals surface area contributed by atoms with Crippen LogP contribution in [0.5, 0.6) is 11.5 Å². The van der Waals surface area contributed by atoms with E-state index in [9.17, 15) is 10.2 Å². The quantitative estimate of drug-likeness (QED) is 0.479. The highest BCUT2D eigenvalue weighted by atomic mass is 16.3. The molecule has 0 aliphatic rings. The van der Waals surface area contributed by atoms with Gasteiger partial charge in [-0.2, -0.15) is 9.97 Å². The number of fused-ring (bicyclic) bond motifs is 1. The summed E-state index contributed by atoms with van der Waals surface area (Å²) < 4.78 is 0. The average molecular weight is 272 g/mol. The Morgan fingerprint density at radius 3 is 2.90 bits per heavy atom. The Morgan fingerprint density at radius 2 is 2.10 bits per heavy atom. The first-order valence-corrected chi connectivity index (χ1v) is 5.85. The van der Waals surface area contributed by atoms with Crippen LogP contribution in [-0.4, -0.2) is 30.1 Å². The van der Waals surface area contributed by atoms with E-state index in [1.54, 1.807) is 6.07 Å². The summed E-state index contributed by atoms with van der Waals surface area (Å²) in [5.74, 6) is 0.602. The minimum atomic E-state index is -0.00204. The Hall–Kier alpha value is -3.03. The molecular weight excluding hydrogens is 260 g/mol. The van der Waals surface area contributed by atoms with Crippen LogP contribution in [-0.2, 0) is 6.54 Å². The largest absolute Gasteiger partial charge is 0.508 e. The van der Waals surface area contributed by atoms with Crippen LogP contribution >= 0.6 is 0 Å². The molecule has 3 aromatic rings. The first-order valence-electron chi connectivity index (χ1n) is 5.85. The molecule has 2 heterocycles. The number of H-pyrrole nitrogens is 1. The zero-order chi connectivity index (χ0) is 14.1. The number of aromatic nitrogens is 4. The topological polar surface area (TPSA) is 133 Å². The molecule has 0 atom stereocenters. The number of nitrogens with two attached hydrogens (primary N) is 1. The molecule has 102 valence electrons. The first kappa shape index (κ1) is 12.0. The van der Waals surface area contributed by atoms with Gasteiger partial charge in [-0.15, -0.1) is 0 Å². The lowest BCUT2D eigenvalue weighted by atomic mass is 10.2. The second kappa shape index (κ2) is 4.57. The Morgan fingerprint density at radius 1 is 1.25 bits per heavy atom. The van der Waals surface area contributed by atoms with Gasteiger partial charge in [0.15, 0.2) is 11.5 Å². The van der Waals surface area contributed by atoms with Gasteiger partial charge in [0.2, 0.25) is 5.95 Å². The lowest BCUT2D eigenvalue weighted by Crippen LogP contribution is -2.05. The summed E-state index contributed by atoms with van der Waals surface area (Å²) in [6.07, 6.45) is 1.50. The normalized spacial score (nSPS) is 10.8. The molecule has 6 N–H and O–H groups in total. The lowest BCUT2D eigenvalue weighted by Gasteiger charge is -2.08. The molecule has 0 amide bonds. The molecule has 2 aromatic heterocycles. The molecule has 0 saturated heterocycles. The number of nitrogen functional groups attached to an aromatic ring is 1. The molecule has 1 aromatic carbocycles. The summed E-state index contributed by atoms with van der Waals surface area (Å²) >= 11 is 0. The number of hydrogen-bond donors (Lipinski definition) is 5. The van der Waals surface area contributed by atoms with Crippen LogP contribution in [0, 0.1) is 0 Å². The fourth-order valence-corrected chi connectivity index (χ4v) is 1.86. The molecule has 0 unspecified atom stereocenters. The van der Waals surface area contributed by atoms with Crippen LogP contribution in [0.25, 0.3) is 11.2 Å². The van der Waals surface area contributed by atoms with Crippen molar-refractivity contribution in [3.8, 4) is 11.5 Å². The van der Waals surface area contributed by atoms with Gasteiger partial charge in [0.25, 0.3) is 0 Å². The van der Waals surface area contributed by atoms with Crippen molar-refractivity contribution in [2.24, 2.45) is 0 Å². The van der Waals surface area contributed by atoms with Crippen molar-refractivity contribution in [3.05, 3.63) is 30.1 Å². The molecule has 0 aliphatic heterocycles. The third kappa shape index (κ3) is 2.14. The Kier molecular flexibility index (Phi) is 2.75. The second-order valence-electron chi connectivity index (χ2n) is 4.20. The van der Waals surface area contributed by atoms with Crippen LogP contribution in [0.15, 0.2) is 24.5 Å². The number of phenolic OH excluding ortho intramolecular Hbond substituents is 2. The highest BCUT2D eigenvalue weighted by molar-refractivity contribution is 5.83. The van der Waals surface area contributed by atoms with Gasteiger partial charge in [0.1, 0.15) is 17.0 Å². The predicted octanol–water partition coefficient (Wildman–Crippen LogP) is 0.958. The van der Waals surface area contributed by atoms with Crippen molar-refractivity contribution >= 4 is 22.9 Å². The van der Waals surface area contributed by atoms with E-state index in [1.807, 2.05) is 0 Å². The summed E-state index contributed by atoms with van der Waals surface area (Å²) in [4.78, 5) is 15.0. The lowest BCUT2D eigenvalue weighted by molar-refractivity contribution is 0.446. The summed E-state index contributed by atoms with van der Waals surface area (Å²) in [7, 11) is 0. The van der Waals surface area contributed by atoms with Crippen LogP contribution < -0.4 is 11.1 Å². The van der Waals surface area contributed by atoms with E-state index in [1.165, 1.54) is 18.5 Å². The summed E-state index contributed by atoms with van der Waals surface area (Å²) in [5.41, 5.74) is 7.33. The number of nitrogens with one attached hydrogen (secondary N) is 2. The maximum atomic E-state index is 9.72. The molecule has 0 bridgehead atoms. The van der Waals surface area contributed by atoms with Crippen LogP contribution in [0.2, 0.25) is 0 Å². The zero-order valence-corrected chi connectivity index (χ0v) is 10.3. The highest BCUT2D eigenvalue weighted by Gasteiger charge is 2.09. The van der Waals surface area contributed by atoms with Crippen molar-refractivity contribution in [2.75, 3.05) is 11.1 Å². The number of phenols is 2. The van der Waals surface area contributed by atoms with Crippen LogP contribution in [0.4, 0.5) is 11.8 Å². The molecule has 0 radical (unpaired) electrons. The molecule has 0 saturated carbocycles. The van der Waals surface area contributed by atoms with Crippen LogP contribution in [0.3, 0.4) is 0 Å². The van der Waals surface area contributed by atoms with Gasteiger partial charge < -0.3 is 26.2 Å². The van der Waals surface area contributed by atoms with E-state index < -0.39 is 0 Å². The Balaban J connectivity index is 1.88. The van der Waals surface area contributed by atoms with Gasteiger partial charge in [0.05, 0.1) is 6.33 Å². The molecule has 8 nitrogen and oxygen atoms in total. The fraction of sp³-hybridized carbons (Fsp3) is 0.0833. The average Bonchev–Trinajstić information content (AvgIpc) is 2.85. The van der Waals surface area contributed by atoms with Gasteiger partial charge in [-0.25, -0.2) is 4.98 Å². The second-order valence-corrected chi connectivity index (χ2v) is 4.20. The number of nitrogens with zero attached hydrogens (tertiary/aromatic N) is 3. The summed E-state index contributed by atoms with van der Waals surface area (Å²) in [6, 6.07) is 4.38. The van der Waals surface area contributed by atoms with Crippen molar-refractivity contribution < 1.29 is 10.2 Å². The molecule has 20 heavy (non-hydrogen) atoms. The minimum absolute atomic E-state index is 0.00204. The molecular formula is C12H12N6O2. The van der Waals surface area contributed by atoms with Crippen molar-refractivity contribution in [1.82, 2.24) is 19.9 Å². The van der Waals surface area contributed by atoms with Crippen LogP contribution in [0.1, 0.15) is 5.56 Å². The van der Waals surface area contributed by atoms with E-state index >= 15 is 0 Å². The monoisotopic (exact) mass is 272 g/mol. The number of imidazole rings is 1. The molecule has 3 rings (SSSR count). The van der Waals surface area contributed by atoms with E-state index in [4.69, 9.17) is 5.73 Å². The molecule has 0 fully saturated rings. The van der Waals surface area contributed by atoms with Gasteiger partial charge in [-0.1, -0.05) is 0 Å². The highest BCUT2D eigenvalue weighted by Crippen LogP contribution is 2.24. The number of hydrogen-bond acceptors (Lipinski definition) is 7. The summed E-state index contributed by atoms with van der Waals surface area (Å²) in [6.45, 7) is 0.310. The number of benzene rings is 1. The SMILES string of the molecule is Nc1nc(NCc2ccc(O)cc2O)c2nc[nH]c2n1. The van der Waals surface area contributed by atoms with E-state index in [2.05, 4.69) is 25.3 Å². The molecule has 0 aliphatic carbocycles. The number of aromatic hydroxyl groups is 2. The van der Waals surface area contributed by atoms with E-state index in [0.29, 0.717) is 29.1 Å². The van der Waals surface area contributed by atoms with Gasteiger partial charge >= 0.3 is 0 Å². The number of anilines is 2. The van der Waals surface area contributed by atoms with Crippen molar-refractivity contribution in [3.63, 3.8) is 0 Å². The molecule has 0 spiro atoms. The maximum absolute atomic E-state index is 9.72. The third-order valence-corrected chi connectivity index (χ3v) is 2.81. The number of aromatic amines is 1. The Bertz CT molecular complexity index is 770. The fourth-order valence-electron chi connectivity index (χ4n) is 1.86. The first-order chi connectivity index (χ1) is 9.63.